The summed E-state index contributed by atoms with van der Waals surface area (Å²) in [6.07, 6.45) is 1.71. The van der Waals surface area contributed by atoms with Crippen molar-refractivity contribution in [3.05, 3.63) is 27.8 Å². The summed E-state index contributed by atoms with van der Waals surface area (Å²) in [7, 11) is -11.8. The molecule has 14 nitrogen and oxygen atoms in total. The summed E-state index contributed by atoms with van der Waals surface area (Å²) in [4.78, 5) is 14.0. The number of sulfonamides is 1. The van der Waals surface area contributed by atoms with Gasteiger partial charge in [-0.2, -0.15) is 21.1 Å². The van der Waals surface area contributed by atoms with Gasteiger partial charge in [-0.05, 0) is 19.0 Å². The third-order valence-electron chi connectivity index (χ3n) is 5.49. The lowest BCUT2D eigenvalue weighted by Gasteiger charge is -2.35. The first kappa shape index (κ1) is 30.3. The van der Waals surface area contributed by atoms with Crippen LogP contribution in [0.3, 0.4) is 0 Å². The second-order valence-corrected chi connectivity index (χ2v) is 13.4. The number of aryl methyl sites for hydroxylation is 1. The van der Waals surface area contributed by atoms with Gasteiger partial charge in [-0.1, -0.05) is 6.92 Å². The van der Waals surface area contributed by atoms with Crippen molar-refractivity contribution in [2.24, 2.45) is 0 Å². The van der Waals surface area contributed by atoms with E-state index >= 15 is 0 Å². The average molecular weight is 573 g/mol. The number of nitrogens with zero attached hydrogens (tertiary/aromatic N) is 4. The Kier molecular flexibility index (Phi) is 10.2. The monoisotopic (exact) mass is 572 g/mol. The van der Waals surface area contributed by atoms with Crippen LogP contribution in [0.1, 0.15) is 12.5 Å². The summed E-state index contributed by atoms with van der Waals surface area (Å²) in [5.74, 6) is 0. The summed E-state index contributed by atoms with van der Waals surface area (Å²) in [5.41, 5.74) is -0.122. The molecule has 0 aliphatic carbocycles. The third kappa shape index (κ3) is 8.60. The molecule has 0 spiro atoms. The molecule has 206 valence electrons. The molecule has 36 heavy (non-hydrogen) atoms. The van der Waals surface area contributed by atoms with Crippen molar-refractivity contribution in [3.8, 4) is 0 Å². The Hall–Kier alpha value is -1.89. The van der Waals surface area contributed by atoms with E-state index in [4.69, 9.17) is 8.37 Å². The standard InChI is InChI=1S/C19H32N4O10S3/c1-5-20-6-8-22(9-7-20)36(30,31)18-15-17(23(24)25)14-16(2)19(18)21(10-12-32-34(3,26)27)11-13-33-35(4,28)29/h14-15H,5-13H2,1-4H3. The van der Waals surface area contributed by atoms with E-state index in [0.717, 1.165) is 25.1 Å². The number of likely N-dealkylation sites (N-methyl/N-ethyl adjacent to an activating group) is 1. The lowest BCUT2D eigenvalue weighted by molar-refractivity contribution is -0.385. The molecule has 1 saturated heterocycles. The molecule has 2 rings (SSSR count). The maximum absolute atomic E-state index is 13.7. The molecule has 0 amide bonds. The van der Waals surface area contributed by atoms with Crippen molar-refractivity contribution in [1.29, 1.82) is 0 Å². The van der Waals surface area contributed by atoms with Gasteiger partial charge in [0.2, 0.25) is 10.0 Å². The number of non-ortho nitro benzene ring substituents is 1. The molecule has 1 aliphatic heterocycles. The van der Waals surface area contributed by atoms with Gasteiger partial charge in [0.1, 0.15) is 4.90 Å². The number of hydrogen-bond acceptors (Lipinski definition) is 12. The predicted octanol–water partition coefficient (Wildman–Crippen LogP) is -0.0118. The van der Waals surface area contributed by atoms with Crippen LogP contribution >= 0.6 is 0 Å². The first-order valence-corrected chi connectivity index (χ1v) is 16.1. The van der Waals surface area contributed by atoms with Crippen LogP contribution in [0.4, 0.5) is 11.4 Å². The number of anilines is 1. The second-order valence-electron chi connectivity index (χ2n) is 8.24. The zero-order valence-electron chi connectivity index (χ0n) is 20.6. The summed E-state index contributed by atoms with van der Waals surface area (Å²) in [6.45, 7) is 4.49. The van der Waals surface area contributed by atoms with Gasteiger partial charge in [0.15, 0.2) is 0 Å². The largest absolute Gasteiger partial charge is 0.365 e. The summed E-state index contributed by atoms with van der Waals surface area (Å²) >= 11 is 0. The molecule has 0 bridgehead atoms. The van der Waals surface area contributed by atoms with E-state index in [1.54, 1.807) is 0 Å². The number of nitro groups is 1. The zero-order chi connectivity index (χ0) is 27.3. The molecular formula is C19H32N4O10S3. The molecule has 1 aromatic carbocycles. The minimum atomic E-state index is -4.21. The lowest BCUT2D eigenvalue weighted by atomic mass is 10.1. The maximum Gasteiger partial charge on any atom is 0.271 e. The molecule has 1 aromatic rings. The Morgan fingerprint density at radius 1 is 0.944 bits per heavy atom. The Morgan fingerprint density at radius 2 is 1.44 bits per heavy atom. The number of rotatable bonds is 13. The zero-order valence-corrected chi connectivity index (χ0v) is 23.1. The highest BCUT2D eigenvalue weighted by molar-refractivity contribution is 7.89. The molecule has 0 atom stereocenters. The lowest BCUT2D eigenvalue weighted by Crippen LogP contribution is -2.48. The fourth-order valence-corrected chi connectivity index (χ4v) is 6.28. The molecular weight excluding hydrogens is 540 g/mol. The van der Waals surface area contributed by atoms with Crippen molar-refractivity contribution >= 4 is 41.6 Å². The molecule has 1 heterocycles. The van der Waals surface area contributed by atoms with E-state index in [0.29, 0.717) is 13.1 Å². The summed E-state index contributed by atoms with van der Waals surface area (Å²) in [6, 6.07) is 2.16. The van der Waals surface area contributed by atoms with Crippen molar-refractivity contribution in [2.45, 2.75) is 18.7 Å². The van der Waals surface area contributed by atoms with Crippen LogP contribution in [0.25, 0.3) is 0 Å². The Morgan fingerprint density at radius 3 is 1.86 bits per heavy atom. The molecule has 0 radical (unpaired) electrons. The van der Waals surface area contributed by atoms with E-state index < -0.39 is 40.9 Å². The first-order valence-electron chi connectivity index (χ1n) is 11.0. The van der Waals surface area contributed by atoms with E-state index in [9.17, 15) is 35.4 Å². The minimum absolute atomic E-state index is 0.0766. The third-order valence-corrected chi connectivity index (χ3v) is 8.59. The fraction of sp³-hybridized carbons (Fsp3) is 0.684. The summed E-state index contributed by atoms with van der Waals surface area (Å²) < 4.78 is 84.0. The quantitative estimate of drug-likeness (QED) is 0.176. The van der Waals surface area contributed by atoms with Crippen molar-refractivity contribution in [2.75, 3.05) is 76.4 Å². The molecule has 0 saturated carbocycles. The van der Waals surface area contributed by atoms with Gasteiger partial charge in [-0.3, -0.25) is 18.5 Å². The van der Waals surface area contributed by atoms with Crippen LogP contribution in [0.5, 0.6) is 0 Å². The van der Waals surface area contributed by atoms with Crippen LogP contribution in [-0.4, -0.2) is 111 Å². The van der Waals surface area contributed by atoms with Crippen LogP contribution in [-0.2, 0) is 38.6 Å². The molecule has 0 unspecified atom stereocenters. The van der Waals surface area contributed by atoms with Gasteiger partial charge in [0.25, 0.3) is 25.9 Å². The molecule has 0 aromatic heterocycles. The minimum Gasteiger partial charge on any atom is -0.365 e. The Bertz CT molecular complexity index is 1220. The predicted molar refractivity (Wildman–Crippen MR) is 133 cm³/mol. The van der Waals surface area contributed by atoms with Crippen molar-refractivity contribution < 1.29 is 38.5 Å². The van der Waals surface area contributed by atoms with E-state index in [2.05, 4.69) is 4.90 Å². The second kappa shape index (κ2) is 12.1. The normalized spacial score (nSPS) is 16.2. The van der Waals surface area contributed by atoms with Crippen LogP contribution < -0.4 is 4.90 Å². The number of hydrogen-bond donors (Lipinski definition) is 0. The summed E-state index contributed by atoms with van der Waals surface area (Å²) in [5, 5.41) is 11.5. The van der Waals surface area contributed by atoms with Gasteiger partial charge >= 0.3 is 0 Å². The van der Waals surface area contributed by atoms with Crippen LogP contribution in [0, 0.1) is 17.0 Å². The maximum atomic E-state index is 13.7. The van der Waals surface area contributed by atoms with E-state index in [1.807, 2.05) is 6.92 Å². The smallest absolute Gasteiger partial charge is 0.271 e. The van der Waals surface area contributed by atoms with Crippen molar-refractivity contribution in [3.63, 3.8) is 0 Å². The highest BCUT2D eigenvalue weighted by Crippen LogP contribution is 2.35. The average Bonchev–Trinajstić information content (AvgIpc) is 2.76. The fourth-order valence-electron chi connectivity index (χ4n) is 3.79. The van der Waals surface area contributed by atoms with Gasteiger partial charge in [-0.15, -0.1) is 0 Å². The van der Waals surface area contributed by atoms with Gasteiger partial charge in [0.05, 0.1) is 36.3 Å². The van der Waals surface area contributed by atoms with Gasteiger partial charge in [0, 0.05) is 51.4 Å². The molecule has 17 heteroatoms. The van der Waals surface area contributed by atoms with Crippen LogP contribution in [0.2, 0.25) is 0 Å². The number of benzene rings is 1. The van der Waals surface area contributed by atoms with Gasteiger partial charge < -0.3 is 9.80 Å². The Labute approximate surface area is 212 Å². The SMILES string of the molecule is CCN1CCN(S(=O)(=O)c2cc([N+](=O)[O-])cc(C)c2N(CCOS(C)(=O)=O)CCOS(C)(=O)=O)CC1. The van der Waals surface area contributed by atoms with E-state index in [-0.39, 0.29) is 55.5 Å². The van der Waals surface area contributed by atoms with Gasteiger partial charge in [-0.25, -0.2) is 8.42 Å². The number of nitro benzene ring substituents is 1. The highest BCUT2D eigenvalue weighted by atomic mass is 32.2. The van der Waals surface area contributed by atoms with E-state index in [1.165, 1.54) is 22.2 Å². The molecule has 1 fully saturated rings. The van der Waals surface area contributed by atoms with Crippen molar-refractivity contribution in [1.82, 2.24) is 9.21 Å². The van der Waals surface area contributed by atoms with Crippen LogP contribution in [0.15, 0.2) is 17.0 Å². The first-order chi connectivity index (χ1) is 16.5. The number of piperazine rings is 1. The molecule has 1 aliphatic rings. The Balaban J connectivity index is 2.56. The topological polar surface area (TPSA) is 174 Å². The highest BCUT2D eigenvalue weighted by Gasteiger charge is 2.34. The molecule has 0 N–H and O–H groups in total.